The molecular formula is C14H12F2N2O3. The summed E-state index contributed by atoms with van der Waals surface area (Å²) in [4.78, 5) is 23.1. The Morgan fingerprint density at radius 2 is 2.00 bits per heavy atom. The molecule has 2 aromatic rings. The molecule has 2 rings (SSSR count). The van der Waals surface area contributed by atoms with Crippen molar-refractivity contribution in [3.63, 3.8) is 0 Å². The van der Waals surface area contributed by atoms with Gasteiger partial charge in [0.2, 0.25) is 0 Å². The Morgan fingerprint density at radius 3 is 2.71 bits per heavy atom. The van der Waals surface area contributed by atoms with Crippen molar-refractivity contribution in [2.75, 3.05) is 5.73 Å². The van der Waals surface area contributed by atoms with Crippen LogP contribution in [0.1, 0.15) is 5.56 Å². The van der Waals surface area contributed by atoms with E-state index in [1.54, 1.807) is 0 Å². The number of anilines is 1. The summed E-state index contributed by atoms with van der Waals surface area (Å²) in [7, 11) is 0. The largest absolute Gasteiger partial charge is 0.459 e. The second kappa shape index (κ2) is 6.17. The zero-order valence-electron chi connectivity index (χ0n) is 10.9. The maximum absolute atomic E-state index is 13.3. The second-order valence-corrected chi connectivity index (χ2v) is 4.32. The maximum Gasteiger partial charge on any atom is 0.326 e. The first-order valence-electron chi connectivity index (χ1n) is 6.01. The van der Waals surface area contributed by atoms with E-state index >= 15 is 0 Å². The number of nitrogen functional groups attached to an aromatic ring is 1. The molecule has 0 unspecified atom stereocenters. The summed E-state index contributed by atoms with van der Waals surface area (Å²) in [5.41, 5.74) is 5.47. The highest BCUT2D eigenvalue weighted by Gasteiger charge is 2.09. The smallest absolute Gasteiger partial charge is 0.326 e. The molecule has 0 atom stereocenters. The molecule has 21 heavy (non-hydrogen) atoms. The van der Waals surface area contributed by atoms with Crippen molar-refractivity contribution in [1.82, 2.24) is 4.57 Å². The van der Waals surface area contributed by atoms with E-state index in [-0.39, 0.29) is 18.7 Å². The van der Waals surface area contributed by atoms with Crippen molar-refractivity contribution in [3.05, 3.63) is 64.1 Å². The summed E-state index contributed by atoms with van der Waals surface area (Å²) >= 11 is 0. The molecule has 1 aromatic heterocycles. The van der Waals surface area contributed by atoms with Crippen LogP contribution in [0, 0.1) is 11.6 Å². The average molecular weight is 294 g/mol. The Hall–Kier alpha value is -2.70. The summed E-state index contributed by atoms with van der Waals surface area (Å²) in [6, 6.07) is 5.59. The lowest BCUT2D eigenvalue weighted by molar-refractivity contribution is -0.145. The molecule has 0 fully saturated rings. The molecule has 0 bridgehead atoms. The van der Waals surface area contributed by atoms with Crippen LogP contribution in [0.5, 0.6) is 0 Å². The number of pyridine rings is 1. The van der Waals surface area contributed by atoms with Gasteiger partial charge in [-0.2, -0.15) is 0 Å². The molecule has 0 spiro atoms. The Kier molecular flexibility index (Phi) is 4.32. The van der Waals surface area contributed by atoms with E-state index in [9.17, 15) is 18.4 Å². The normalized spacial score (nSPS) is 10.4. The average Bonchev–Trinajstić information content (AvgIpc) is 2.42. The predicted molar refractivity (Wildman–Crippen MR) is 71.3 cm³/mol. The van der Waals surface area contributed by atoms with E-state index in [1.165, 1.54) is 24.4 Å². The van der Waals surface area contributed by atoms with Gasteiger partial charge in [0.1, 0.15) is 24.8 Å². The van der Waals surface area contributed by atoms with Gasteiger partial charge < -0.3 is 15.0 Å². The fourth-order valence-electron chi connectivity index (χ4n) is 1.66. The van der Waals surface area contributed by atoms with Crippen LogP contribution < -0.4 is 11.3 Å². The van der Waals surface area contributed by atoms with Crippen molar-refractivity contribution in [2.45, 2.75) is 13.2 Å². The van der Waals surface area contributed by atoms with Crippen LogP contribution in [0.4, 0.5) is 14.5 Å². The van der Waals surface area contributed by atoms with Gasteiger partial charge in [0.15, 0.2) is 0 Å². The SMILES string of the molecule is Nc1ccc(=O)n(CC(=O)OCc2ccc(F)cc2F)c1. The van der Waals surface area contributed by atoms with Gasteiger partial charge in [-0.25, -0.2) is 8.78 Å². The van der Waals surface area contributed by atoms with Crippen LogP contribution in [0.25, 0.3) is 0 Å². The van der Waals surface area contributed by atoms with Crippen molar-refractivity contribution < 1.29 is 18.3 Å². The molecule has 7 heteroatoms. The fourth-order valence-corrected chi connectivity index (χ4v) is 1.66. The zero-order chi connectivity index (χ0) is 15.4. The Labute approximate surface area is 118 Å². The van der Waals surface area contributed by atoms with Gasteiger partial charge >= 0.3 is 5.97 Å². The van der Waals surface area contributed by atoms with Crippen molar-refractivity contribution >= 4 is 11.7 Å². The minimum Gasteiger partial charge on any atom is -0.459 e. The standard InChI is InChI=1S/C14H12F2N2O3/c15-10-2-1-9(12(16)5-10)8-21-14(20)7-18-6-11(17)3-4-13(18)19/h1-6H,7-8,17H2. The number of esters is 1. The Bertz CT molecular complexity index is 728. The molecule has 0 saturated heterocycles. The van der Waals surface area contributed by atoms with Gasteiger partial charge in [-0.3, -0.25) is 9.59 Å². The summed E-state index contributed by atoms with van der Waals surface area (Å²) in [5.74, 6) is -2.25. The van der Waals surface area contributed by atoms with Crippen LogP contribution in [0.2, 0.25) is 0 Å². The third-order valence-corrected chi connectivity index (χ3v) is 2.71. The molecule has 0 aliphatic rings. The molecule has 0 radical (unpaired) electrons. The first-order valence-corrected chi connectivity index (χ1v) is 6.01. The number of carbonyl (C=O) groups excluding carboxylic acids is 1. The van der Waals surface area contributed by atoms with E-state index in [0.717, 1.165) is 10.6 Å². The summed E-state index contributed by atoms with van der Waals surface area (Å²) in [6.07, 6.45) is 1.31. The monoisotopic (exact) mass is 294 g/mol. The van der Waals surface area contributed by atoms with Gasteiger partial charge in [-0.05, 0) is 18.2 Å². The molecule has 1 aromatic carbocycles. The molecule has 1 heterocycles. The first kappa shape index (κ1) is 14.7. The van der Waals surface area contributed by atoms with Gasteiger partial charge in [0.05, 0.1) is 0 Å². The second-order valence-electron chi connectivity index (χ2n) is 4.32. The van der Waals surface area contributed by atoms with E-state index in [1.807, 2.05) is 0 Å². The molecule has 5 nitrogen and oxygen atoms in total. The number of rotatable bonds is 4. The topological polar surface area (TPSA) is 74.3 Å². The van der Waals surface area contributed by atoms with Crippen LogP contribution in [-0.2, 0) is 22.7 Å². The Balaban J connectivity index is 1.99. The third-order valence-electron chi connectivity index (χ3n) is 2.71. The van der Waals surface area contributed by atoms with Gasteiger partial charge in [-0.15, -0.1) is 0 Å². The summed E-state index contributed by atoms with van der Waals surface area (Å²) in [5, 5.41) is 0. The molecule has 2 N–H and O–H groups in total. The molecule has 0 saturated carbocycles. The highest BCUT2D eigenvalue weighted by atomic mass is 19.1. The number of halogens is 2. The van der Waals surface area contributed by atoms with Crippen molar-refractivity contribution in [2.24, 2.45) is 0 Å². The zero-order valence-corrected chi connectivity index (χ0v) is 10.9. The van der Waals surface area contributed by atoms with Crippen molar-refractivity contribution in [1.29, 1.82) is 0 Å². The van der Waals surface area contributed by atoms with Crippen LogP contribution in [0.3, 0.4) is 0 Å². The molecule has 0 amide bonds. The van der Waals surface area contributed by atoms with E-state index < -0.39 is 23.2 Å². The van der Waals surface area contributed by atoms with E-state index in [2.05, 4.69) is 0 Å². The number of ether oxygens (including phenoxy) is 1. The fraction of sp³-hybridized carbons (Fsp3) is 0.143. The minimum absolute atomic E-state index is 0.0460. The molecular weight excluding hydrogens is 282 g/mol. The first-order chi connectivity index (χ1) is 9.95. The van der Waals surface area contributed by atoms with E-state index in [0.29, 0.717) is 11.8 Å². The molecule has 0 aliphatic heterocycles. The number of benzene rings is 1. The van der Waals surface area contributed by atoms with Crippen LogP contribution in [-0.4, -0.2) is 10.5 Å². The lowest BCUT2D eigenvalue weighted by atomic mass is 10.2. The highest BCUT2D eigenvalue weighted by molar-refractivity contribution is 5.69. The van der Waals surface area contributed by atoms with Gasteiger partial charge in [0.25, 0.3) is 5.56 Å². The number of carbonyl (C=O) groups is 1. The quantitative estimate of drug-likeness (QED) is 0.866. The molecule has 0 aliphatic carbocycles. The predicted octanol–water partition coefficient (Wildman–Crippen LogP) is 1.45. The summed E-state index contributed by atoms with van der Waals surface area (Å²) < 4.78 is 32.0. The number of hydrogen-bond donors (Lipinski definition) is 1. The van der Waals surface area contributed by atoms with Gasteiger partial charge in [-0.1, -0.05) is 0 Å². The lowest BCUT2D eigenvalue weighted by Crippen LogP contribution is -2.24. The summed E-state index contributed by atoms with van der Waals surface area (Å²) in [6.45, 7) is -0.686. The third kappa shape index (κ3) is 3.88. The van der Waals surface area contributed by atoms with Crippen molar-refractivity contribution in [3.8, 4) is 0 Å². The maximum atomic E-state index is 13.3. The number of nitrogens with zero attached hydrogens (tertiary/aromatic N) is 1. The highest BCUT2D eigenvalue weighted by Crippen LogP contribution is 2.10. The number of aromatic nitrogens is 1. The van der Waals surface area contributed by atoms with E-state index in [4.69, 9.17) is 10.5 Å². The lowest BCUT2D eigenvalue weighted by Gasteiger charge is -2.08. The number of nitrogens with two attached hydrogens (primary N) is 1. The number of hydrogen-bond acceptors (Lipinski definition) is 4. The van der Waals surface area contributed by atoms with Crippen LogP contribution in [0.15, 0.2) is 41.3 Å². The molecule has 110 valence electrons. The minimum atomic E-state index is -0.802. The van der Waals surface area contributed by atoms with Gasteiger partial charge in [0, 0.05) is 29.6 Å². The Morgan fingerprint density at radius 1 is 1.24 bits per heavy atom. The van der Waals surface area contributed by atoms with Crippen LogP contribution >= 0.6 is 0 Å².